The average molecular weight is 380 g/mol. The molecule has 0 radical (unpaired) electrons. The Morgan fingerprint density at radius 3 is 2.82 bits per heavy atom. The fourth-order valence-electron chi connectivity index (χ4n) is 2.91. The maximum atomic E-state index is 12.8. The largest absolute Gasteiger partial charge is 0.382 e. The van der Waals surface area contributed by atoms with Crippen molar-refractivity contribution in [2.24, 2.45) is 7.05 Å². The van der Waals surface area contributed by atoms with Crippen LogP contribution in [0.5, 0.6) is 0 Å². The van der Waals surface area contributed by atoms with Crippen molar-refractivity contribution in [2.45, 2.75) is 13.0 Å². The summed E-state index contributed by atoms with van der Waals surface area (Å²) in [5.41, 5.74) is 2.17. The van der Waals surface area contributed by atoms with Gasteiger partial charge in [0.05, 0.1) is 18.3 Å². The van der Waals surface area contributed by atoms with Gasteiger partial charge in [0.15, 0.2) is 5.82 Å². The Kier molecular flexibility index (Phi) is 6.33. The minimum absolute atomic E-state index is 0.201. The van der Waals surface area contributed by atoms with Gasteiger partial charge in [-0.15, -0.1) is 0 Å². The molecule has 0 spiro atoms. The highest BCUT2D eigenvalue weighted by Gasteiger charge is 2.19. The number of hydrogen-bond donors (Lipinski definition) is 2. The predicted octanol–water partition coefficient (Wildman–Crippen LogP) is 2.43. The van der Waals surface area contributed by atoms with Gasteiger partial charge in [-0.25, -0.2) is 9.97 Å². The fraction of sp³-hybridized carbons (Fsp3) is 0.300. The van der Waals surface area contributed by atoms with E-state index in [1.807, 2.05) is 38.2 Å². The molecular weight excluding hydrogens is 356 g/mol. The molecule has 28 heavy (non-hydrogen) atoms. The Morgan fingerprint density at radius 2 is 2.11 bits per heavy atom. The molecule has 0 saturated carbocycles. The number of benzene rings is 1. The van der Waals surface area contributed by atoms with Crippen molar-refractivity contribution in [1.82, 2.24) is 25.1 Å². The molecule has 3 rings (SSSR count). The monoisotopic (exact) mass is 380 g/mol. The number of anilines is 1. The number of methoxy groups -OCH3 is 1. The summed E-state index contributed by atoms with van der Waals surface area (Å²) >= 11 is 0. The zero-order valence-electron chi connectivity index (χ0n) is 16.2. The van der Waals surface area contributed by atoms with Crippen LogP contribution in [-0.4, -0.2) is 45.9 Å². The maximum absolute atomic E-state index is 12.8. The van der Waals surface area contributed by atoms with Crippen LogP contribution in [0.15, 0.2) is 48.8 Å². The Bertz CT molecular complexity index is 940. The zero-order valence-corrected chi connectivity index (χ0v) is 16.2. The van der Waals surface area contributed by atoms with E-state index in [1.165, 1.54) is 0 Å². The molecule has 2 aromatic heterocycles. The van der Waals surface area contributed by atoms with Crippen LogP contribution in [-0.2, 0) is 11.8 Å². The first-order valence-corrected chi connectivity index (χ1v) is 9.07. The molecule has 0 aliphatic carbocycles. The van der Waals surface area contributed by atoms with E-state index in [-0.39, 0.29) is 11.9 Å². The van der Waals surface area contributed by atoms with Crippen LogP contribution < -0.4 is 10.6 Å². The number of amides is 1. The summed E-state index contributed by atoms with van der Waals surface area (Å²) in [6.07, 6.45) is 3.39. The first-order chi connectivity index (χ1) is 13.6. The third-order valence-electron chi connectivity index (χ3n) is 4.25. The third-order valence-corrected chi connectivity index (χ3v) is 4.25. The second kappa shape index (κ2) is 9.09. The standard InChI is InChI=1S/C20H24N6O2/c1-4-21-18-9-10-22-19(25-18)14-6-5-7-15(12-14)20(27)24-16(13-28-3)17-8-11-23-26(17)2/h5-12,16H,4,13H2,1-3H3,(H,24,27)(H,21,22,25)/t16-/m1/s1. The van der Waals surface area contributed by atoms with Gasteiger partial charge in [0.1, 0.15) is 5.82 Å². The number of hydrogen-bond acceptors (Lipinski definition) is 6. The number of aromatic nitrogens is 4. The Hall–Kier alpha value is -3.26. The van der Waals surface area contributed by atoms with Gasteiger partial charge < -0.3 is 15.4 Å². The van der Waals surface area contributed by atoms with E-state index in [1.54, 1.807) is 36.3 Å². The van der Waals surface area contributed by atoms with Gasteiger partial charge >= 0.3 is 0 Å². The highest BCUT2D eigenvalue weighted by Crippen LogP contribution is 2.19. The minimum Gasteiger partial charge on any atom is -0.382 e. The summed E-state index contributed by atoms with van der Waals surface area (Å²) in [6.45, 7) is 3.12. The second-order valence-corrected chi connectivity index (χ2v) is 6.24. The Labute approximate surface area is 164 Å². The normalized spacial score (nSPS) is 11.8. The lowest BCUT2D eigenvalue weighted by molar-refractivity contribution is 0.0892. The van der Waals surface area contributed by atoms with Crippen LogP contribution in [0, 0.1) is 0 Å². The quantitative estimate of drug-likeness (QED) is 0.623. The summed E-state index contributed by atoms with van der Waals surface area (Å²) < 4.78 is 6.99. The number of ether oxygens (including phenoxy) is 1. The van der Waals surface area contributed by atoms with E-state index in [4.69, 9.17) is 4.74 Å². The molecule has 0 saturated heterocycles. The van der Waals surface area contributed by atoms with Crippen LogP contribution in [0.3, 0.4) is 0 Å². The van der Waals surface area contributed by atoms with Crippen molar-refractivity contribution < 1.29 is 9.53 Å². The van der Waals surface area contributed by atoms with Crippen molar-refractivity contribution in [3.8, 4) is 11.4 Å². The second-order valence-electron chi connectivity index (χ2n) is 6.24. The molecule has 2 N–H and O–H groups in total. The van der Waals surface area contributed by atoms with E-state index in [0.29, 0.717) is 18.0 Å². The van der Waals surface area contributed by atoms with Crippen LogP contribution in [0.2, 0.25) is 0 Å². The van der Waals surface area contributed by atoms with Gasteiger partial charge in [-0.2, -0.15) is 5.10 Å². The molecule has 1 atom stereocenters. The summed E-state index contributed by atoms with van der Waals surface area (Å²) in [5.74, 6) is 1.11. The predicted molar refractivity (Wildman–Crippen MR) is 107 cm³/mol. The fourth-order valence-corrected chi connectivity index (χ4v) is 2.91. The van der Waals surface area contributed by atoms with E-state index in [0.717, 1.165) is 23.6 Å². The van der Waals surface area contributed by atoms with E-state index >= 15 is 0 Å². The Morgan fingerprint density at radius 1 is 1.25 bits per heavy atom. The van der Waals surface area contributed by atoms with Gasteiger partial charge in [0.2, 0.25) is 0 Å². The number of carbonyl (C=O) groups excluding carboxylic acids is 1. The summed E-state index contributed by atoms with van der Waals surface area (Å²) in [5, 5.41) is 10.3. The first kappa shape index (κ1) is 19.5. The molecule has 0 bridgehead atoms. The molecule has 1 amide bonds. The average Bonchev–Trinajstić information content (AvgIpc) is 3.14. The van der Waals surface area contributed by atoms with E-state index < -0.39 is 0 Å². The van der Waals surface area contributed by atoms with Crippen LogP contribution in [0.4, 0.5) is 5.82 Å². The van der Waals surface area contributed by atoms with Gasteiger partial charge in [-0.05, 0) is 31.2 Å². The highest BCUT2D eigenvalue weighted by molar-refractivity contribution is 5.95. The molecule has 8 heteroatoms. The van der Waals surface area contributed by atoms with Crippen molar-refractivity contribution in [3.05, 3.63) is 60.0 Å². The molecule has 0 unspecified atom stereocenters. The third kappa shape index (κ3) is 4.52. The number of nitrogens with one attached hydrogen (secondary N) is 2. The van der Waals surface area contributed by atoms with Gasteiger partial charge in [0, 0.05) is 44.2 Å². The van der Waals surface area contributed by atoms with Crippen molar-refractivity contribution in [3.63, 3.8) is 0 Å². The number of nitrogens with zero attached hydrogens (tertiary/aromatic N) is 4. The molecule has 0 aliphatic rings. The lowest BCUT2D eigenvalue weighted by Gasteiger charge is -2.18. The van der Waals surface area contributed by atoms with Crippen molar-refractivity contribution >= 4 is 11.7 Å². The summed E-state index contributed by atoms with van der Waals surface area (Å²) in [7, 11) is 3.43. The van der Waals surface area contributed by atoms with Crippen molar-refractivity contribution in [1.29, 1.82) is 0 Å². The van der Waals surface area contributed by atoms with Crippen LogP contribution in [0.25, 0.3) is 11.4 Å². The number of carbonyl (C=O) groups is 1. The zero-order chi connectivity index (χ0) is 19.9. The molecule has 1 aromatic carbocycles. The molecule has 8 nitrogen and oxygen atoms in total. The Balaban J connectivity index is 1.82. The smallest absolute Gasteiger partial charge is 0.251 e. The minimum atomic E-state index is -0.304. The van der Waals surface area contributed by atoms with Crippen molar-refractivity contribution in [2.75, 3.05) is 25.6 Å². The molecule has 0 fully saturated rings. The number of aryl methyl sites for hydroxylation is 1. The molecule has 146 valence electrons. The van der Waals surface area contributed by atoms with Gasteiger partial charge in [0.25, 0.3) is 5.91 Å². The van der Waals surface area contributed by atoms with Crippen LogP contribution >= 0.6 is 0 Å². The van der Waals surface area contributed by atoms with E-state index in [9.17, 15) is 4.79 Å². The first-order valence-electron chi connectivity index (χ1n) is 9.07. The SMILES string of the molecule is CCNc1ccnc(-c2cccc(C(=O)N[C@H](COC)c3ccnn3C)c2)n1. The molecular formula is C20H24N6O2. The van der Waals surface area contributed by atoms with E-state index in [2.05, 4.69) is 25.7 Å². The molecule has 3 aromatic rings. The lowest BCUT2D eigenvalue weighted by Crippen LogP contribution is -2.32. The highest BCUT2D eigenvalue weighted by atomic mass is 16.5. The summed E-state index contributed by atoms with van der Waals surface area (Å²) in [4.78, 5) is 21.7. The maximum Gasteiger partial charge on any atom is 0.251 e. The molecule has 2 heterocycles. The van der Waals surface area contributed by atoms with Gasteiger partial charge in [-0.1, -0.05) is 12.1 Å². The summed E-state index contributed by atoms with van der Waals surface area (Å²) in [6, 6.07) is 10.6. The molecule has 0 aliphatic heterocycles. The van der Waals surface area contributed by atoms with Crippen LogP contribution in [0.1, 0.15) is 29.0 Å². The topological polar surface area (TPSA) is 94.0 Å². The number of rotatable bonds is 8. The van der Waals surface area contributed by atoms with Gasteiger partial charge in [-0.3, -0.25) is 9.48 Å². The lowest BCUT2D eigenvalue weighted by atomic mass is 10.1.